The zero-order valence-electron chi connectivity index (χ0n) is 18.0. The molecule has 1 aliphatic rings. The summed E-state index contributed by atoms with van der Waals surface area (Å²) in [6, 6.07) is 6.47. The number of hydrogen-bond acceptors (Lipinski definition) is 5. The number of aryl methyl sites for hydroxylation is 1. The number of carbonyl (C=O) groups is 3. The van der Waals surface area contributed by atoms with Gasteiger partial charge in [0.25, 0.3) is 5.91 Å². The Hall–Kier alpha value is -2.96. The third kappa shape index (κ3) is 4.30. The summed E-state index contributed by atoms with van der Waals surface area (Å²) in [7, 11) is 0. The van der Waals surface area contributed by atoms with Gasteiger partial charge < -0.3 is 10.5 Å². The Kier molecular flexibility index (Phi) is 6.10. The van der Waals surface area contributed by atoms with Crippen LogP contribution >= 0.6 is 0 Å². The predicted octanol–water partition coefficient (Wildman–Crippen LogP) is 3.52. The number of nitrogens with zero attached hydrogens (tertiary/aromatic N) is 1. The topological polar surface area (TPSA) is 111 Å². The Morgan fingerprint density at radius 1 is 1.30 bits per heavy atom. The monoisotopic (exact) mass is 411 g/mol. The number of imide groups is 1. The van der Waals surface area contributed by atoms with Gasteiger partial charge in [-0.3, -0.25) is 15.1 Å². The van der Waals surface area contributed by atoms with E-state index in [4.69, 9.17) is 15.5 Å². The number of benzene rings is 1. The van der Waals surface area contributed by atoms with Gasteiger partial charge in [0.1, 0.15) is 0 Å². The molecule has 0 bridgehead atoms. The number of primary amides is 1. The lowest BCUT2D eigenvalue weighted by molar-refractivity contribution is -0.127. The van der Waals surface area contributed by atoms with Crippen LogP contribution in [0, 0.1) is 11.3 Å². The lowest BCUT2D eigenvalue weighted by Gasteiger charge is -2.37. The van der Waals surface area contributed by atoms with E-state index in [-0.39, 0.29) is 5.41 Å². The van der Waals surface area contributed by atoms with Crippen LogP contribution < -0.4 is 11.1 Å². The Morgan fingerprint density at radius 2 is 2.00 bits per heavy atom. The van der Waals surface area contributed by atoms with Gasteiger partial charge in [0.2, 0.25) is 0 Å². The molecule has 2 aromatic rings. The molecule has 3 amide bonds. The van der Waals surface area contributed by atoms with Gasteiger partial charge in [-0.2, -0.15) is 0 Å². The maximum Gasteiger partial charge on any atom is 0.339 e. The van der Waals surface area contributed by atoms with E-state index in [1.807, 2.05) is 29.6 Å². The van der Waals surface area contributed by atoms with Gasteiger partial charge in [-0.25, -0.2) is 9.59 Å². The van der Waals surface area contributed by atoms with Crippen LogP contribution in [0.3, 0.4) is 0 Å². The van der Waals surface area contributed by atoms with Gasteiger partial charge in [0, 0.05) is 11.1 Å². The summed E-state index contributed by atoms with van der Waals surface area (Å²) >= 11 is 0. The Labute approximate surface area is 176 Å². The average molecular weight is 412 g/mol. The number of esters is 1. The van der Waals surface area contributed by atoms with E-state index >= 15 is 0 Å². The molecule has 1 aliphatic carbocycles. The molecule has 0 unspecified atom stereocenters. The molecule has 3 rings (SSSR count). The zero-order chi connectivity index (χ0) is 22.1. The molecule has 0 fully saturated rings. The van der Waals surface area contributed by atoms with Crippen LogP contribution in [-0.2, 0) is 22.4 Å². The van der Waals surface area contributed by atoms with Crippen molar-refractivity contribution in [2.24, 2.45) is 17.1 Å². The minimum atomic E-state index is -1.15. The van der Waals surface area contributed by atoms with Gasteiger partial charge in [0.15, 0.2) is 6.10 Å². The summed E-state index contributed by atoms with van der Waals surface area (Å²) in [6.45, 7) is 8.11. The quantitative estimate of drug-likeness (QED) is 0.731. The number of carbonyl (C=O) groups excluding carboxylic acids is 3. The molecule has 1 aromatic carbocycles. The number of nitrogens with one attached hydrogen (secondary N) is 1. The number of aromatic nitrogens is 1. The second-order valence-electron chi connectivity index (χ2n) is 8.61. The maximum atomic E-state index is 13.2. The van der Waals surface area contributed by atoms with Gasteiger partial charge in [-0.15, -0.1) is 0 Å². The molecule has 7 nitrogen and oxygen atoms in total. The van der Waals surface area contributed by atoms with Crippen LogP contribution in [0.4, 0.5) is 4.79 Å². The lowest BCUT2D eigenvalue weighted by Crippen LogP contribution is -2.42. The van der Waals surface area contributed by atoms with Crippen molar-refractivity contribution in [1.82, 2.24) is 10.3 Å². The fraction of sp³-hybridized carbons (Fsp3) is 0.478. The van der Waals surface area contributed by atoms with Gasteiger partial charge in [-0.05, 0) is 49.1 Å². The molecular formula is C23H29N3O4. The molecule has 0 radical (unpaired) electrons. The fourth-order valence-electron chi connectivity index (χ4n) is 4.07. The molecule has 3 N–H and O–H groups in total. The second-order valence-corrected chi connectivity index (χ2v) is 8.61. The predicted molar refractivity (Wildman–Crippen MR) is 114 cm³/mol. The Balaban J connectivity index is 2.02. The number of para-hydroxylation sites is 1. The van der Waals surface area contributed by atoms with Crippen molar-refractivity contribution in [3.63, 3.8) is 0 Å². The molecule has 2 atom stereocenters. The van der Waals surface area contributed by atoms with E-state index in [1.165, 1.54) is 6.92 Å². The number of rotatable bonds is 5. The number of amides is 3. The molecule has 7 heteroatoms. The third-order valence-electron chi connectivity index (χ3n) is 6.38. The summed E-state index contributed by atoms with van der Waals surface area (Å²) in [6.07, 6.45) is 2.44. The third-order valence-corrected chi connectivity index (χ3v) is 6.38. The highest BCUT2D eigenvalue weighted by molar-refractivity contribution is 6.06. The normalized spacial score (nSPS) is 17.1. The van der Waals surface area contributed by atoms with Crippen molar-refractivity contribution >= 4 is 28.8 Å². The Bertz CT molecular complexity index is 999. The number of fused-ring (bicyclic) bond motifs is 2. The van der Waals surface area contributed by atoms with Crippen molar-refractivity contribution in [3.05, 3.63) is 41.1 Å². The smallest absolute Gasteiger partial charge is 0.339 e. The van der Waals surface area contributed by atoms with Crippen LogP contribution in [0.2, 0.25) is 0 Å². The molecular weight excluding hydrogens is 382 g/mol. The molecule has 0 saturated heterocycles. The minimum Gasteiger partial charge on any atom is -0.449 e. The van der Waals surface area contributed by atoms with Crippen molar-refractivity contribution in [3.8, 4) is 0 Å². The van der Waals surface area contributed by atoms with E-state index in [1.54, 1.807) is 0 Å². The van der Waals surface area contributed by atoms with E-state index in [2.05, 4.69) is 20.8 Å². The van der Waals surface area contributed by atoms with Crippen LogP contribution in [0.1, 0.15) is 62.2 Å². The fourth-order valence-corrected chi connectivity index (χ4v) is 4.07. The molecule has 1 heterocycles. The highest BCUT2D eigenvalue weighted by Crippen LogP contribution is 2.41. The number of hydrogen-bond donors (Lipinski definition) is 2. The number of ether oxygens (including phenoxy) is 1. The first-order valence-electron chi connectivity index (χ1n) is 10.4. The van der Waals surface area contributed by atoms with Crippen LogP contribution in [-0.4, -0.2) is 29.0 Å². The van der Waals surface area contributed by atoms with Crippen molar-refractivity contribution in [1.29, 1.82) is 0 Å². The van der Waals surface area contributed by atoms with Crippen LogP contribution in [0.5, 0.6) is 0 Å². The number of nitrogens with two attached hydrogens (primary N) is 1. The summed E-state index contributed by atoms with van der Waals surface area (Å²) in [5.41, 5.74) is 8.13. The minimum absolute atomic E-state index is 0.138. The largest absolute Gasteiger partial charge is 0.449 e. The molecule has 0 spiro atoms. The van der Waals surface area contributed by atoms with E-state index in [0.717, 1.165) is 42.5 Å². The standard InChI is InChI=1S/C23H29N3O4/c1-5-23(3,4)14-10-11-18-16(12-14)19(15-8-6-7-9-17(15)25-18)21(28)30-13(2)20(27)26-22(24)29/h6-9,13-14H,5,10-12H2,1-4H3,(H3,24,26,27,29)/t13-,14+/m0/s1. The first-order valence-corrected chi connectivity index (χ1v) is 10.4. The van der Waals surface area contributed by atoms with E-state index in [9.17, 15) is 14.4 Å². The number of urea groups is 1. The van der Waals surface area contributed by atoms with Crippen molar-refractivity contribution in [2.45, 2.75) is 59.5 Å². The molecule has 1 aromatic heterocycles. The highest BCUT2D eigenvalue weighted by atomic mass is 16.5. The molecule has 0 saturated carbocycles. The Morgan fingerprint density at radius 3 is 2.67 bits per heavy atom. The maximum absolute atomic E-state index is 13.2. The summed E-state index contributed by atoms with van der Waals surface area (Å²) in [5.74, 6) is -0.930. The van der Waals surface area contributed by atoms with Crippen molar-refractivity contribution < 1.29 is 19.1 Å². The van der Waals surface area contributed by atoms with Gasteiger partial charge in [0.05, 0.1) is 11.1 Å². The molecule has 0 aliphatic heterocycles. The summed E-state index contributed by atoms with van der Waals surface area (Å²) in [4.78, 5) is 40.9. The van der Waals surface area contributed by atoms with Gasteiger partial charge >= 0.3 is 12.0 Å². The molecule has 160 valence electrons. The van der Waals surface area contributed by atoms with Crippen molar-refractivity contribution in [2.75, 3.05) is 0 Å². The van der Waals surface area contributed by atoms with E-state index < -0.39 is 24.0 Å². The number of pyridine rings is 1. The van der Waals surface area contributed by atoms with Crippen LogP contribution in [0.15, 0.2) is 24.3 Å². The first kappa shape index (κ1) is 21.7. The summed E-state index contributed by atoms with van der Waals surface area (Å²) < 4.78 is 5.43. The summed E-state index contributed by atoms with van der Waals surface area (Å²) in [5, 5.41) is 2.65. The second kappa shape index (κ2) is 8.42. The highest BCUT2D eigenvalue weighted by Gasteiger charge is 2.35. The lowest BCUT2D eigenvalue weighted by atomic mass is 9.68. The SMILES string of the molecule is CCC(C)(C)[C@@H]1CCc2nc3ccccc3c(C(=O)O[C@@H](C)C(=O)NC(N)=O)c2C1. The molecule has 30 heavy (non-hydrogen) atoms. The van der Waals surface area contributed by atoms with Gasteiger partial charge in [-0.1, -0.05) is 45.4 Å². The van der Waals surface area contributed by atoms with Crippen LogP contribution in [0.25, 0.3) is 10.9 Å². The average Bonchev–Trinajstić information content (AvgIpc) is 2.70. The first-order chi connectivity index (χ1) is 14.1. The van der Waals surface area contributed by atoms with E-state index in [0.29, 0.717) is 16.9 Å². The zero-order valence-corrected chi connectivity index (χ0v) is 18.0.